The van der Waals surface area contributed by atoms with Crippen LogP contribution in [-0.2, 0) is 17.5 Å². The second kappa shape index (κ2) is 9.41. The lowest BCUT2D eigenvalue weighted by atomic mass is 10.1. The summed E-state index contributed by atoms with van der Waals surface area (Å²) in [4.78, 5) is 41.6. The average Bonchev–Trinajstić information content (AvgIpc) is 2.75. The molecule has 2 N–H and O–H groups in total. The Morgan fingerprint density at radius 1 is 1.24 bits per heavy atom. The minimum atomic E-state index is -4.64. The number of hydrogen-bond donors (Lipinski definition) is 2. The number of allylic oxidation sites excluding steroid dienone is 1. The van der Waals surface area contributed by atoms with E-state index in [1.165, 1.54) is 48.0 Å². The summed E-state index contributed by atoms with van der Waals surface area (Å²) in [5.41, 5.74) is -1.22. The van der Waals surface area contributed by atoms with Gasteiger partial charge in [0.15, 0.2) is 4.77 Å². The zero-order valence-electron chi connectivity index (χ0n) is 17.4. The summed E-state index contributed by atoms with van der Waals surface area (Å²) in [5.74, 6) is -1.36. The number of aromatic nitrogens is 2. The maximum Gasteiger partial charge on any atom is 0.418 e. The number of fused-ring (bicyclic) bond motifs is 1. The highest BCUT2D eigenvalue weighted by atomic mass is 32.1. The molecular formula is C22H19F3N4O3S. The van der Waals surface area contributed by atoms with E-state index in [4.69, 9.17) is 12.2 Å². The number of carbonyl (C=O) groups excluding carboxylic acids is 2. The van der Waals surface area contributed by atoms with E-state index in [-0.39, 0.29) is 22.4 Å². The number of anilines is 1. The van der Waals surface area contributed by atoms with E-state index in [1.807, 2.05) is 0 Å². The molecule has 1 aromatic heterocycles. The van der Waals surface area contributed by atoms with Gasteiger partial charge >= 0.3 is 6.18 Å². The van der Waals surface area contributed by atoms with Gasteiger partial charge in [0.1, 0.15) is 0 Å². The molecule has 2 amide bonds. The molecule has 0 radical (unpaired) electrons. The first-order valence-electron chi connectivity index (χ1n) is 9.62. The number of likely N-dealkylation sites (N-methyl/N-ethyl adjacent to an activating group) is 1. The molecule has 7 nitrogen and oxygen atoms in total. The zero-order chi connectivity index (χ0) is 24.3. The Labute approximate surface area is 191 Å². The molecule has 2 aromatic carbocycles. The molecule has 0 unspecified atom stereocenters. The van der Waals surface area contributed by atoms with Crippen molar-refractivity contribution >= 4 is 40.6 Å². The fraction of sp³-hybridized carbons (Fsp3) is 0.182. The van der Waals surface area contributed by atoms with Gasteiger partial charge in [-0.2, -0.15) is 13.2 Å². The van der Waals surface area contributed by atoms with E-state index in [2.05, 4.69) is 16.9 Å². The normalized spacial score (nSPS) is 11.3. The fourth-order valence-corrected chi connectivity index (χ4v) is 3.49. The number of nitrogens with zero attached hydrogens (tertiary/aromatic N) is 2. The molecule has 33 heavy (non-hydrogen) atoms. The van der Waals surface area contributed by atoms with Gasteiger partial charge in [0.2, 0.25) is 5.91 Å². The molecule has 0 aliphatic rings. The van der Waals surface area contributed by atoms with Crippen LogP contribution < -0.4 is 10.9 Å². The molecule has 0 saturated heterocycles. The molecule has 0 aliphatic heterocycles. The van der Waals surface area contributed by atoms with E-state index in [0.717, 1.165) is 17.0 Å². The highest BCUT2D eigenvalue weighted by molar-refractivity contribution is 7.71. The monoisotopic (exact) mass is 476 g/mol. The van der Waals surface area contributed by atoms with Crippen LogP contribution in [0.5, 0.6) is 0 Å². The lowest BCUT2D eigenvalue weighted by Crippen LogP contribution is -2.35. The average molecular weight is 476 g/mol. The van der Waals surface area contributed by atoms with E-state index in [0.29, 0.717) is 10.9 Å². The Morgan fingerprint density at radius 2 is 1.94 bits per heavy atom. The second-order valence-electron chi connectivity index (χ2n) is 7.15. The van der Waals surface area contributed by atoms with Crippen molar-refractivity contribution in [2.45, 2.75) is 12.7 Å². The number of benzene rings is 2. The fourth-order valence-electron chi connectivity index (χ4n) is 3.22. The van der Waals surface area contributed by atoms with Gasteiger partial charge in [-0.05, 0) is 42.5 Å². The van der Waals surface area contributed by atoms with Crippen molar-refractivity contribution in [2.75, 3.05) is 18.9 Å². The molecular weight excluding hydrogens is 457 g/mol. The number of para-hydroxylation sites is 1. The molecule has 0 bridgehead atoms. The van der Waals surface area contributed by atoms with Crippen molar-refractivity contribution < 1.29 is 22.8 Å². The predicted molar refractivity (Wildman–Crippen MR) is 121 cm³/mol. The van der Waals surface area contributed by atoms with Crippen molar-refractivity contribution in [3.05, 3.63) is 81.4 Å². The third-order valence-corrected chi connectivity index (χ3v) is 5.10. The lowest BCUT2D eigenvalue weighted by Gasteiger charge is -2.18. The van der Waals surface area contributed by atoms with Crippen LogP contribution >= 0.6 is 12.2 Å². The minimum absolute atomic E-state index is 0.160. The van der Waals surface area contributed by atoms with Crippen LogP contribution in [0, 0.1) is 4.77 Å². The van der Waals surface area contributed by atoms with E-state index < -0.39 is 35.8 Å². The SMILES string of the molecule is C=CCn1c(=S)[nH]c2cc(C(=O)N(C)CC(=O)Nc3ccccc3C(F)(F)F)ccc2c1=O. The van der Waals surface area contributed by atoms with Crippen molar-refractivity contribution in [3.8, 4) is 0 Å². The van der Waals surface area contributed by atoms with Crippen LogP contribution in [0.4, 0.5) is 18.9 Å². The predicted octanol–water partition coefficient (Wildman–Crippen LogP) is 3.97. The standard InChI is InChI=1S/C22H19F3N4O3S/c1-3-10-29-20(32)14-9-8-13(11-17(14)27-21(29)33)19(31)28(2)12-18(30)26-16-7-5-4-6-15(16)22(23,24)25/h3-9,11H,1,10,12H2,2H3,(H,26,30)(H,27,33). The van der Waals surface area contributed by atoms with Crippen molar-refractivity contribution in [1.29, 1.82) is 0 Å². The molecule has 11 heteroatoms. The highest BCUT2D eigenvalue weighted by Gasteiger charge is 2.33. The van der Waals surface area contributed by atoms with Gasteiger partial charge < -0.3 is 15.2 Å². The Morgan fingerprint density at radius 3 is 2.61 bits per heavy atom. The van der Waals surface area contributed by atoms with Gasteiger partial charge in [-0.15, -0.1) is 6.58 Å². The number of halogens is 3. The van der Waals surface area contributed by atoms with Gasteiger partial charge in [0.05, 0.1) is 28.7 Å². The second-order valence-corrected chi connectivity index (χ2v) is 7.53. The molecule has 0 aliphatic carbocycles. The Balaban J connectivity index is 1.79. The largest absolute Gasteiger partial charge is 0.418 e. The number of amides is 2. The van der Waals surface area contributed by atoms with Gasteiger partial charge in [-0.1, -0.05) is 18.2 Å². The molecule has 0 saturated carbocycles. The van der Waals surface area contributed by atoms with Crippen LogP contribution in [-0.4, -0.2) is 39.9 Å². The molecule has 0 fully saturated rings. The maximum absolute atomic E-state index is 13.1. The first-order valence-corrected chi connectivity index (χ1v) is 10.0. The summed E-state index contributed by atoms with van der Waals surface area (Å²) in [5, 5.41) is 2.50. The summed E-state index contributed by atoms with van der Waals surface area (Å²) in [6, 6.07) is 8.88. The Bertz CT molecular complexity index is 1360. The van der Waals surface area contributed by atoms with Crippen LogP contribution in [0.3, 0.4) is 0 Å². The molecule has 1 heterocycles. The smallest absolute Gasteiger partial charge is 0.332 e. The quantitative estimate of drug-likeness (QED) is 0.416. The van der Waals surface area contributed by atoms with E-state index in [9.17, 15) is 27.6 Å². The highest BCUT2D eigenvalue weighted by Crippen LogP contribution is 2.34. The summed E-state index contributed by atoms with van der Waals surface area (Å²) in [6.07, 6.45) is -3.11. The number of rotatable bonds is 6. The summed E-state index contributed by atoms with van der Waals surface area (Å²) >= 11 is 5.18. The van der Waals surface area contributed by atoms with Crippen LogP contribution in [0.15, 0.2) is 59.9 Å². The molecule has 172 valence electrons. The number of alkyl halides is 3. The first-order chi connectivity index (χ1) is 15.5. The first kappa shape index (κ1) is 23.9. The van der Waals surface area contributed by atoms with Crippen molar-refractivity contribution in [1.82, 2.24) is 14.5 Å². The Hall–Kier alpha value is -3.73. The topological polar surface area (TPSA) is 87.2 Å². The summed E-state index contributed by atoms with van der Waals surface area (Å²) < 4.78 is 40.8. The van der Waals surface area contributed by atoms with Crippen LogP contribution in [0.25, 0.3) is 10.9 Å². The molecule has 3 rings (SSSR count). The zero-order valence-corrected chi connectivity index (χ0v) is 18.2. The third kappa shape index (κ3) is 5.20. The van der Waals surface area contributed by atoms with Crippen molar-refractivity contribution in [2.24, 2.45) is 0 Å². The van der Waals surface area contributed by atoms with Crippen LogP contribution in [0.2, 0.25) is 0 Å². The van der Waals surface area contributed by atoms with E-state index >= 15 is 0 Å². The van der Waals surface area contributed by atoms with Gasteiger partial charge in [0.25, 0.3) is 11.5 Å². The van der Waals surface area contributed by atoms with Crippen LogP contribution in [0.1, 0.15) is 15.9 Å². The minimum Gasteiger partial charge on any atom is -0.332 e. The number of nitrogens with one attached hydrogen (secondary N) is 2. The van der Waals surface area contributed by atoms with Crippen molar-refractivity contribution in [3.63, 3.8) is 0 Å². The lowest BCUT2D eigenvalue weighted by molar-refractivity contribution is -0.137. The van der Waals surface area contributed by atoms with Gasteiger partial charge in [-0.3, -0.25) is 19.0 Å². The van der Waals surface area contributed by atoms with Gasteiger partial charge in [-0.25, -0.2) is 0 Å². The maximum atomic E-state index is 13.1. The van der Waals surface area contributed by atoms with Gasteiger partial charge in [0, 0.05) is 19.2 Å². The number of H-pyrrole nitrogens is 1. The number of aromatic amines is 1. The molecule has 0 spiro atoms. The Kier molecular flexibility index (Phi) is 6.82. The third-order valence-electron chi connectivity index (χ3n) is 4.77. The number of hydrogen-bond acceptors (Lipinski definition) is 4. The summed E-state index contributed by atoms with van der Waals surface area (Å²) in [7, 11) is 1.34. The summed E-state index contributed by atoms with van der Waals surface area (Å²) in [6.45, 7) is 3.32. The molecule has 0 atom stereocenters. The van der Waals surface area contributed by atoms with E-state index in [1.54, 1.807) is 0 Å². The molecule has 3 aromatic rings. The number of carbonyl (C=O) groups is 2.